The van der Waals surface area contributed by atoms with E-state index in [1.54, 1.807) is 11.3 Å². The van der Waals surface area contributed by atoms with Gasteiger partial charge in [0.05, 0.1) is 5.25 Å². The van der Waals surface area contributed by atoms with Crippen LogP contribution in [0.4, 0.5) is 0 Å². The van der Waals surface area contributed by atoms with Gasteiger partial charge in [0, 0.05) is 27.4 Å². The van der Waals surface area contributed by atoms with Gasteiger partial charge in [0.25, 0.3) is 0 Å². The van der Waals surface area contributed by atoms with E-state index in [-0.39, 0.29) is 11.0 Å². The molecule has 0 saturated heterocycles. The maximum atomic E-state index is 12.9. The monoisotopic (exact) mass is 489 g/mol. The Kier molecular flexibility index (Phi) is 6.88. The number of ketones is 1. The van der Waals surface area contributed by atoms with Gasteiger partial charge >= 0.3 is 0 Å². The SMILES string of the molecule is C[C@@H](Sc1nnc(Cc2cccs2)n1C1CCCCC1)C(=O)c1ccc(Br)cc1. The highest BCUT2D eigenvalue weighted by Gasteiger charge is 2.26. The lowest BCUT2D eigenvalue weighted by atomic mass is 9.95. The molecule has 29 heavy (non-hydrogen) atoms. The number of hydrogen-bond donors (Lipinski definition) is 0. The Balaban J connectivity index is 1.57. The van der Waals surface area contributed by atoms with E-state index >= 15 is 0 Å². The van der Waals surface area contributed by atoms with Crippen LogP contribution in [0.15, 0.2) is 51.4 Å². The fourth-order valence-corrected chi connectivity index (χ4v) is 5.82. The lowest BCUT2D eigenvalue weighted by Gasteiger charge is -2.26. The van der Waals surface area contributed by atoms with Crippen molar-refractivity contribution in [1.29, 1.82) is 0 Å². The van der Waals surface area contributed by atoms with Crippen LogP contribution in [0.2, 0.25) is 0 Å². The first-order valence-corrected chi connectivity index (χ1v) is 12.6. The van der Waals surface area contributed by atoms with Crippen LogP contribution in [-0.2, 0) is 6.42 Å². The second kappa shape index (κ2) is 9.58. The third-order valence-corrected chi connectivity index (χ3v) is 7.83. The van der Waals surface area contributed by atoms with E-state index in [1.807, 2.05) is 31.2 Å². The molecule has 3 aromatic rings. The van der Waals surface area contributed by atoms with Crippen molar-refractivity contribution in [2.75, 3.05) is 0 Å². The quantitative estimate of drug-likeness (QED) is 0.278. The summed E-state index contributed by atoms with van der Waals surface area (Å²) in [6.45, 7) is 1.97. The Morgan fingerprint density at radius 2 is 1.97 bits per heavy atom. The molecule has 0 aliphatic heterocycles. The van der Waals surface area contributed by atoms with Gasteiger partial charge in [-0.05, 0) is 43.3 Å². The highest BCUT2D eigenvalue weighted by molar-refractivity contribution is 9.10. The van der Waals surface area contributed by atoms with Crippen LogP contribution in [0, 0.1) is 0 Å². The number of Topliss-reactive ketones (excluding diaryl/α,β-unsaturated/α-hetero) is 1. The maximum absolute atomic E-state index is 12.9. The fourth-order valence-electron chi connectivity index (χ4n) is 3.84. The van der Waals surface area contributed by atoms with Crippen molar-refractivity contribution in [3.8, 4) is 0 Å². The number of rotatable bonds is 7. The maximum Gasteiger partial charge on any atom is 0.192 e. The standard InChI is InChI=1S/C22H24BrN3OS2/c1-15(21(27)16-9-11-17(23)12-10-16)29-22-25-24-20(14-19-8-5-13-28-19)26(22)18-6-3-2-4-7-18/h5,8-13,15,18H,2-4,6-7,14H2,1H3/t15-/m1/s1. The number of halogens is 1. The van der Waals surface area contributed by atoms with E-state index in [0.717, 1.165) is 40.3 Å². The summed E-state index contributed by atoms with van der Waals surface area (Å²) < 4.78 is 3.30. The van der Waals surface area contributed by atoms with E-state index in [9.17, 15) is 4.79 Å². The largest absolute Gasteiger partial charge is 0.303 e. The average molecular weight is 490 g/mol. The predicted octanol–water partition coefficient (Wildman–Crippen LogP) is 6.56. The van der Waals surface area contributed by atoms with Crippen molar-refractivity contribution in [2.45, 2.75) is 61.9 Å². The molecule has 1 atom stereocenters. The summed E-state index contributed by atoms with van der Waals surface area (Å²) in [5, 5.41) is 11.8. The Bertz CT molecular complexity index is 947. The summed E-state index contributed by atoms with van der Waals surface area (Å²) in [5.74, 6) is 1.14. The van der Waals surface area contributed by atoms with Crippen molar-refractivity contribution >= 4 is 44.8 Å². The Hall–Kier alpha value is -1.44. The fraction of sp³-hybridized carbons (Fsp3) is 0.409. The first-order chi connectivity index (χ1) is 14.1. The lowest BCUT2D eigenvalue weighted by Crippen LogP contribution is -2.19. The summed E-state index contributed by atoms with van der Waals surface area (Å²) >= 11 is 6.72. The molecular formula is C22H24BrN3OS2. The third-order valence-electron chi connectivity index (χ3n) is 5.37. The molecule has 0 spiro atoms. The molecule has 7 heteroatoms. The molecule has 0 amide bonds. The molecule has 0 N–H and O–H groups in total. The van der Waals surface area contributed by atoms with Crippen molar-refractivity contribution in [3.05, 3.63) is 62.5 Å². The minimum absolute atomic E-state index is 0.125. The van der Waals surface area contributed by atoms with Crippen LogP contribution in [-0.4, -0.2) is 25.8 Å². The van der Waals surface area contributed by atoms with Crippen LogP contribution < -0.4 is 0 Å². The van der Waals surface area contributed by atoms with Crippen LogP contribution in [0.5, 0.6) is 0 Å². The topological polar surface area (TPSA) is 47.8 Å². The van der Waals surface area contributed by atoms with Gasteiger partial charge in [0.1, 0.15) is 5.82 Å². The number of carbonyl (C=O) groups is 1. The zero-order chi connectivity index (χ0) is 20.2. The number of thiophene rings is 1. The van der Waals surface area contributed by atoms with Gasteiger partial charge in [-0.1, -0.05) is 65.2 Å². The van der Waals surface area contributed by atoms with Crippen molar-refractivity contribution < 1.29 is 4.79 Å². The van der Waals surface area contributed by atoms with Crippen LogP contribution >= 0.6 is 39.0 Å². The van der Waals surface area contributed by atoms with Gasteiger partial charge in [0.15, 0.2) is 10.9 Å². The number of aromatic nitrogens is 3. The van der Waals surface area contributed by atoms with Crippen molar-refractivity contribution in [2.24, 2.45) is 0 Å². The third kappa shape index (κ3) is 5.01. The zero-order valence-corrected chi connectivity index (χ0v) is 19.6. The second-order valence-corrected chi connectivity index (χ2v) is 10.7. The minimum Gasteiger partial charge on any atom is -0.303 e. The molecule has 1 aliphatic rings. The van der Waals surface area contributed by atoms with Gasteiger partial charge in [0.2, 0.25) is 0 Å². The van der Waals surface area contributed by atoms with Crippen molar-refractivity contribution in [1.82, 2.24) is 14.8 Å². The Morgan fingerprint density at radius 1 is 1.21 bits per heavy atom. The predicted molar refractivity (Wildman–Crippen MR) is 123 cm³/mol. The summed E-state index contributed by atoms with van der Waals surface area (Å²) in [5.41, 5.74) is 0.732. The molecule has 1 fully saturated rings. The summed E-state index contributed by atoms with van der Waals surface area (Å²) in [4.78, 5) is 14.2. The number of thioether (sulfide) groups is 1. The molecule has 152 valence electrons. The van der Waals surface area contributed by atoms with Gasteiger partial charge in [-0.15, -0.1) is 21.5 Å². The van der Waals surface area contributed by atoms with Gasteiger partial charge < -0.3 is 4.57 Å². The molecule has 4 nitrogen and oxygen atoms in total. The van der Waals surface area contributed by atoms with Gasteiger partial charge in [-0.25, -0.2) is 0 Å². The molecule has 0 unspecified atom stereocenters. The molecule has 2 aromatic heterocycles. The van der Waals surface area contributed by atoms with Crippen LogP contribution in [0.3, 0.4) is 0 Å². The Labute approximate surface area is 188 Å². The summed E-state index contributed by atoms with van der Waals surface area (Å²) in [7, 11) is 0. The van der Waals surface area contributed by atoms with E-state index in [2.05, 4.69) is 48.2 Å². The molecule has 1 aromatic carbocycles. The number of hydrogen-bond acceptors (Lipinski definition) is 5. The lowest BCUT2D eigenvalue weighted by molar-refractivity contribution is 0.0993. The van der Waals surface area contributed by atoms with Crippen molar-refractivity contribution in [3.63, 3.8) is 0 Å². The summed E-state index contributed by atoms with van der Waals surface area (Å²) in [6, 6.07) is 12.2. The van der Waals surface area contributed by atoms with Gasteiger partial charge in [-0.2, -0.15) is 0 Å². The van der Waals surface area contributed by atoms with E-state index in [4.69, 9.17) is 0 Å². The van der Waals surface area contributed by atoms with Gasteiger partial charge in [-0.3, -0.25) is 4.79 Å². The molecule has 0 radical (unpaired) electrons. The normalized spacial score (nSPS) is 16.1. The van der Waals surface area contributed by atoms with E-state index in [1.165, 1.54) is 35.9 Å². The zero-order valence-electron chi connectivity index (χ0n) is 16.4. The first-order valence-electron chi connectivity index (χ1n) is 10.0. The minimum atomic E-state index is -0.211. The number of carbonyl (C=O) groups excluding carboxylic acids is 1. The summed E-state index contributed by atoms with van der Waals surface area (Å²) in [6.07, 6.45) is 6.93. The highest BCUT2D eigenvalue weighted by Crippen LogP contribution is 2.35. The van der Waals surface area contributed by atoms with E-state index in [0.29, 0.717) is 6.04 Å². The molecular weight excluding hydrogens is 466 g/mol. The van der Waals surface area contributed by atoms with E-state index < -0.39 is 0 Å². The smallest absolute Gasteiger partial charge is 0.192 e. The Morgan fingerprint density at radius 3 is 2.66 bits per heavy atom. The molecule has 0 bridgehead atoms. The average Bonchev–Trinajstić information content (AvgIpc) is 3.39. The second-order valence-electron chi connectivity index (χ2n) is 7.45. The molecule has 4 rings (SSSR count). The van der Waals surface area contributed by atoms with Crippen LogP contribution in [0.25, 0.3) is 0 Å². The molecule has 1 saturated carbocycles. The number of benzene rings is 1. The first kappa shape index (κ1) is 20.8. The number of nitrogens with zero attached hydrogens (tertiary/aromatic N) is 3. The highest BCUT2D eigenvalue weighted by atomic mass is 79.9. The van der Waals surface area contributed by atoms with Crippen LogP contribution in [0.1, 0.15) is 66.1 Å². The molecule has 2 heterocycles. The molecule has 1 aliphatic carbocycles.